The van der Waals surface area contributed by atoms with Crippen molar-refractivity contribution in [3.05, 3.63) is 34.3 Å². The first-order chi connectivity index (χ1) is 10.1. The Bertz CT molecular complexity index is 431. The van der Waals surface area contributed by atoms with Crippen LogP contribution in [0, 0.1) is 0 Å². The van der Waals surface area contributed by atoms with E-state index in [0.29, 0.717) is 6.54 Å². The molecular weight excluding hydrogens is 330 g/mol. The number of methoxy groups -OCH3 is 1. The first-order valence-corrected chi connectivity index (χ1v) is 8.51. The van der Waals surface area contributed by atoms with Crippen molar-refractivity contribution in [2.75, 3.05) is 13.7 Å². The molecule has 0 spiro atoms. The molecule has 0 bridgehead atoms. The summed E-state index contributed by atoms with van der Waals surface area (Å²) in [5, 5.41) is 0. The van der Waals surface area contributed by atoms with Gasteiger partial charge < -0.3 is 9.64 Å². The second kappa shape index (κ2) is 9.82. The van der Waals surface area contributed by atoms with Gasteiger partial charge in [0.1, 0.15) is 0 Å². The number of carbonyl (C=O) groups excluding carboxylic acids is 1. The van der Waals surface area contributed by atoms with Gasteiger partial charge in [-0.05, 0) is 30.9 Å². The monoisotopic (exact) mass is 355 g/mol. The second-order valence-corrected chi connectivity index (χ2v) is 6.09. The van der Waals surface area contributed by atoms with E-state index >= 15 is 0 Å². The van der Waals surface area contributed by atoms with Crippen molar-refractivity contribution in [3.63, 3.8) is 0 Å². The average Bonchev–Trinajstić information content (AvgIpc) is 2.49. The third kappa shape index (κ3) is 5.70. The van der Waals surface area contributed by atoms with Gasteiger partial charge in [-0.15, -0.1) is 0 Å². The second-order valence-electron chi connectivity index (χ2n) is 5.24. The Morgan fingerprint density at radius 3 is 2.38 bits per heavy atom. The highest BCUT2D eigenvalue weighted by atomic mass is 79.9. The van der Waals surface area contributed by atoms with Gasteiger partial charge in [0.2, 0.25) is 0 Å². The minimum atomic E-state index is -0.214. The van der Waals surface area contributed by atoms with E-state index in [-0.39, 0.29) is 12.1 Å². The van der Waals surface area contributed by atoms with Crippen molar-refractivity contribution in [3.8, 4) is 0 Å². The van der Waals surface area contributed by atoms with Crippen molar-refractivity contribution in [1.29, 1.82) is 0 Å². The molecule has 0 atom stereocenters. The number of carbonyl (C=O) groups is 1. The normalized spacial score (nSPS) is 10.7. The van der Waals surface area contributed by atoms with Crippen LogP contribution in [0.3, 0.4) is 0 Å². The van der Waals surface area contributed by atoms with Crippen molar-refractivity contribution in [2.24, 2.45) is 0 Å². The van der Waals surface area contributed by atoms with Crippen LogP contribution in [0.4, 0.5) is 4.79 Å². The summed E-state index contributed by atoms with van der Waals surface area (Å²) in [6.07, 6.45) is 4.83. The molecule has 1 aromatic rings. The molecule has 0 aliphatic rings. The largest absolute Gasteiger partial charge is 0.453 e. The van der Waals surface area contributed by atoms with Gasteiger partial charge in [0.05, 0.1) is 7.11 Å². The van der Waals surface area contributed by atoms with Crippen LogP contribution in [0.25, 0.3) is 0 Å². The molecule has 21 heavy (non-hydrogen) atoms. The third-order valence-electron chi connectivity index (χ3n) is 3.67. The first-order valence-electron chi connectivity index (χ1n) is 7.72. The van der Waals surface area contributed by atoms with Crippen LogP contribution in [-0.4, -0.2) is 30.7 Å². The molecule has 1 amide bonds. The fourth-order valence-electron chi connectivity index (χ4n) is 2.60. The highest BCUT2D eigenvalue weighted by Crippen LogP contribution is 2.19. The van der Waals surface area contributed by atoms with Gasteiger partial charge in [-0.2, -0.15) is 0 Å². The molecule has 0 saturated carbocycles. The number of hydrogen-bond donors (Lipinski definition) is 0. The lowest BCUT2D eigenvalue weighted by molar-refractivity contribution is 0.0997. The van der Waals surface area contributed by atoms with Gasteiger partial charge in [0.15, 0.2) is 0 Å². The van der Waals surface area contributed by atoms with Crippen LogP contribution in [0.2, 0.25) is 0 Å². The zero-order valence-corrected chi connectivity index (χ0v) is 14.9. The maximum absolute atomic E-state index is 12.1. The molecule has 1 aromatic carbocycles. The minimum absolute atomic E-state index is 0.214. The summed E-state index contributed by atoms with van der Waals surface area (Å²) in [5.74, 6) is 0. The maximum atomic E-state index is 12.1. The predicted molar refractivity (Wildman–Crippen MR) is 90.6 cm³/mol. The van der Waals surface area contributed by atoms with Crippen molar-refractivity contribution in [2.45, 2.75) is 52.0 Å². The highest BCUT2D eigenvalue weighted by Gasteiger charge is 2.23. The Morgan fingerprint density at radius 2 is 1.86 bits per heavy atom. The van der Waals surface area contributed by atoms with E-state index in [1.54, 1.807) is 0 Å². The Morgan fingerprint density at radius 1 is 1.24 bits per heavy atom. The van der Waals surface area contributed by atoms with Crippen LogP contribution >= 0.6 is 15.9 Å². The van der Waals surface area contributed by atoms with Crippen molar-refractivity contribution >= 4 is 22.0 Å². The number of halogens is 1. The molecule has 1 rings (SSSR count). The third-order valence-corrected chi connectivity index (χ3v) is 4.45. The van der Waals surface area contributed by atoms with Crippen LogP contribution in [0.5, 0.6) is 0 Å². The van der Waals surface area contributed by atoms with E-state index < -0.39 is 0 Å². The Balaban J connectivity index is 2.77. The van der Waals surface area contributed by atoms with Gasteiger partial charge in [-0.25, -0.2) is 4.79 Å². The van der Waals surface area contributed by atoms with Gasteiger partial charge in [-0.1, -0.05) is 60.8 Å². The fraction of sp³-hybridized carbons (Fsp3) is 0.588. The van der Waals surface area contributed by atoms with Gasteiger partial charge in [0.25, 0.3) is 0 Å². The van der Waals surface area contributed by atoms with Crippen LogP contribution in [-0.2, 0) is 11.2 Å². The molecule has 118 valence electrons. The zero-order chi connectivity index (χ0) is 15.7. The van der Waals surface area contributed by atoms with E-state index in [4.69, 9.17) is 4.74 Å². The highest BCUT2D eigenvalue weighted by molar-refractivity contribution is 9.10. The Kier molecular flexibility index (Phi) is 8.43. The Labute approximate surface area is 136 Å². The van der Waals surface area contributed by atoms with Crippen LogP contribution < -0.4 is 0 Å². The smallest absolute Gasteiger partial charge is 0.409 e. The quantitative estimate of drug-likeness (QED) is 0.654. The standard InChI is InChI=1S/C17H26BrNO2/c1-4-8-15(9-5-2)19(17(20)21-3)13-12-14-10-6-7-11-16(14)18/h6-7,10-11,15H,4-5,8-9,12-13H2,1-3H3. The number of benzene rings is 1. The number of rotatable bonds is 8. The molecule has 0 heterocycles. The predicted octanol–water partition coefficient (Wildman–Crippen LogP) is 5.03. The number of hydrogen-bond acceptors (Lipinski definition) is 2. The zero-order valence-electron chi connectivity index (χ0n) is 13.3. The maximum Gasteiger partial charge on any atom is 0.409 e. The summed E-state index contributed by atoms with van der Waals surface area (Å²) in [6, 6.07) is 8.43. The number of ether oxygens (including phenoxy) is 1. The lowest BCUT2D eigenvalue weighted by Crippen LogP contribution is -2.41. The molecule has 4 heteroatoms. The van der Waals surface area contributed by atoms with Gasteiger partial charge in [0, 0.05) is 17.1 Å². The molecule has 0 radical (unpaired) electrons. The van der Waals surface area contributed by atoms with E-state index in [1.165, 1.54) is 12.7 Å². The molecule has 0 fully saturated rings. The summed E-state index contributed by atoms with van der Waals surface area (Å²) in [7, 11) is 1.46. The van der Waals surface area contributed by atoms with Crippen LogP contribution in [0.15, 0.2) is 28.7 Å². The van der Waals surface area contributed by atoms with Crippen molar-refractivity contribution in [1.82, 2.24) is 4.90 Å². The fourth-order valence-corrected chi connectivity index (χ4v) is 3.09. The SMILES string of the molecule is CCCC(CCC)N(CCc1ccccc1Br)C(=O)OC. The summed E-state index contributed by atoms with van der Waals surface area (Å²) < 4.78 is 6.07. The molecule has 0 aliphatic heterocycles. The number of amides is 1. The molecule has 0 aliphatic carbocycles. The average molecular weight is 356 g/mol. The summed E-state index contributed by atoms with van der Waals surface area (Å²) >= 11 is 3.56. The van der Waals surface area contributed by atoms with E-state index in [2.05, 4.69) is 35.8 Å². The molecule has 3 nitrogen and oxygen atoms in total. The van der Waals surface area contributed by atoms with E-state index in [9.17, 15) is 4.79 Å². The van der Waals surface area contributed by atoms with Gasteiger partial charge in [-0.3, -0.25) is 0 Å². The van der Waals surface area contributed by atoms with E-state index in [0.717, 1.165) is 36.6 Å². The molecular formula is C17H26BrNO2. The Hall–Kier alpha value is -1.03. The molecule has 0 N–H and O–H groups in total. The molecule has 0 saturated heterocycles. The van der Waals surface area contributed by atoms with Crippen LogP contribution in [0.1, 0.15) is 45.1 Å². The summed E-state index contributed by atoms with van der Waals surface area (Å²) in [5.41, 5.74) is 1.22. The molecule has 0 unspecified atom stereocenters. The summed E-state index contributed by atoms with van der Waals surface area (Å²) in [6.45, 7) is 5.01. The summed E-state index contributed by atoms with van der Waals surface area (Å²) in [4.78, 5) is 14.0. The lowest BCUT2D eigenvalue weighted by Gasteiger charge is -2.30. The van der Waals surface area contributed by atoms with Gasteiger partial charge >= 0.3 is 6.09 Å². The number of nitrogens with zero attached hydrogens (tertiary/aromatic N) is 1. The first kappa shape index (κ1) is 18.0. The minimum Gasteiger partial charge on any atom is -0.453 e. The molecule has 0 aromatic heterocycles. The van der Waals surface area contributed by atoms with Crippen molar-refractivity contribution < 1.29 is 9.53 Å². The van der Waals surface area contributed by atoms with E-state index in [1.807, 2.05) is 23.1 Å². The topological polar surface area (TPSA) is 29.5 Å². The lowest BCUT2D eigenvalue weighted by atomic mass is 10.0.